The van der Waals surface area contributed by atoms with Crippen LogP contribution in [0.15, 0.2) is 46.3 Å². The van der Waals surface area contributed by atoms with Crippen molar-refractivity contribution < 1.29 is 14.3 Å². The van der Waals surface area contributed by atoms with Gasteiger partial charge >= 0.3 is 0 Å². The first kappa shape index (κ1) is 18.5. The first-order valence-corrected chi connectivity index (χ1v) is 9.07. The lowest BCUT2D eigenvalue weighted by molar-refractivity contribution is -0.131. The van der Waals surface area contributed by atoms with E-state index in [-0.39, 0.29) is 11.8 Å². The van der Waals surface area contributed by atoms with Crippen LogP contribution in [0.2, 0.25) is 0 Å². The van der Waals surface area contributed by atoms with Gasteiger partial charge in [-0.05, 0) is 47.1 Å². The molecule has 0 saturated carbocycles. The van der Waals surface area contributed by atoms with E-state index in [4.69, 9.17) is 4.74 Å². The van der Waals surface area contributed by atoms with Crippen molar-refractivity contribution >= 4 is 39.1 Å². The van der Waals surface area contributed by atoms with Crippen molar-refractivity contribution in [3.05, 3.63) is 51.1 Å². The van der Waals surface area contributed by atoms with Gasteiger partial charge in [-0.1, -0.05) is 18.2 Å². The summed E-state index contributed by atoms with van der Waals surface area (Å²) in [6.45, 7) is 2.51. The molecular formula is C17H19BrN2O3S. The second-order valence-corrected chi connectivity index (χ2v) is 7.68. The zero-order valence-electron chi connectivity index (χ0n) is 13.5. The van der Waals surface area contributed by atoms with E-state index in [0.29, 0.717) is 18.0 Å². The van der Waals surface area contributed by atoms with Gasteiger partial charge in [0, 0.05) is 7.05 Å². The summed E-state index contributed by atoms with van der Waals surface area (Å²) in [5, 5.41) is 2.72. The van der Waals surface area contributed by atoms with Crippen LogP contribution >= 0.6 is 27.3 Å². The summed E-state index contributed by atoms with van der Waals surface area (Å²) in [6.07, 6.45) is 0. The van der Waals surface area contributed by atoms with Crippen LogP contribution in [-0.4, -0.2) is 43.0 Å². The van der Waals surface area contributed by atoms with Crippen LogP contribution in [0.4, 0.5) is 0 Å². The van der Waals surface area contributed by atoms with Crippen LogP contribution in [0, 0.1) is 0 Å². The lowest BCUT2D eigenvalue weighted by Gasteiger charge is -2.22. The molecule has 1 heterocycles. The Hall–Kier alpha value is -1.86. The third kappa shape index (κ3) is 5.35. The maximum atomic E-state index is 12.3. The molecule has 24 heavy (non-hydrogen) atoms. The highest BCUT2D eigenvalue weighted by molar-refractivity contribution is 9.11. The number of carbonyl (C=O) groups is 2. The minimum absolute atomic E-state index is 0.157. The monoisotopic (exact) mass is 410 g/mol. The Bertz CT molecular complexity index is 690. The third-order valence-corrected chi connectivity index (χ3v) is 4.95. The first-order valence-electron chi connectivity index (χ1n) is 7.46. The number of hydrogen-bond acceptors (Lipinski definition) is 4. The third-order valence-electron chi connectivity index (χ3n) is 3.33. The molecule has 1 aromatic carbocycles. The molecule has 2 aromatic rings. The number of halogens is 1. The van der Waals surface area contributed by atoms with Crippen LogP contribution in [0.1, 0.15) is 16.6 Å². The largest absolute Gasteiger partial charge is 0.492 e. The summed E-state index contributed by atoms with van der Waals surface area (Å²) in [7, 11) is 1.70. The minimum atomic E-state index is -0.597. The number of carbonyl (C=O) groups excluding carboxylic acids is 2. The quantitative estimate of drug-likeness (QED) is 0.762. The summed E-state index contributed by atoms with van der Waals surface area (Å²) in [4.78, 5) is 26.5. The molecule has 128 valence electrons. The number of thiophene rings is 1. The Morgan fingerprint density at radius 2 is 1.96 bits per heavy atom. The van der Waals surface area contributed by atoms with E-state index in [2.05, 4.69) is 21.2 Å². The van der Waals surface area contributed by atoms with Gasteiger partial charge in [-0.2, -0.15) is 0 Å². The lowest BCUT2D eigenvalue weighted by atomic mass is 10.2. The smallest absolute Gasteiger partial charge is 0.262 e. The van der Waals surface area contributed by atoms with E-state index in [1.165, 1.54) is 11.3 Å². The highest BCUT2D eigenvalue weighted by Crippen LogP contribution is 2.21. The van der Waals surface area contributed by atoms with Gasteiger partial charge < -0.3 is 15.0 Å². The van der Waals surface area contributed by atoms with E-state index < -0.39 is 6.04 Å². The molecule has 5 nitrogen and oxygen atoms in total. The van der Waals surface area contributed by atoms with E-state index in [9.17, 15) is 9.59 Å². The predicted octanol–water partition coefficient (Wildman–Crippen LogP) is 3.17. The van der Waals surface area contributed by atoms with Gasteiger partial charge in [-0.3, -0.25) is 9.59 Å². The predicted molar refractivity (Wildman–Crippen MR) is 98.5 cm³/mol. The van der Waals surface area contributed by atoms with Gasteiger partial charge in [-0.25, -0.2) is 0 Å². The van der Waals surface area contributed by atoms with Crippen molar-refractivity contribution in [3.63, 3.8) is 0 Å². The standard InChI is InChI=1S/C17H19BrN2O3S/c1-12(19-16(21)14-8-9-15(18)24-14)17(22)20(2)10-11-23-13-6-4-3-5-7-13/h3-9,12H,10-11H2,1-2H3,(H,19,21). The summed E-state index contributed by atoms with van der Waals surface area (Å²) in [5.41, 5.74) is 0. The number of amides is 2. The molecule has 0 aliphatic heterocycles. The average molecular weight is 411 g/mol. The minimum Gasteiger partial charge on any atom is -0.492 e. The average Bonchev–Trinajstić information content (AvgIpc) is 3.01. The Morgan fingerprint density at radius 3 is 2.58 bits per heavy atom. The number of nitrogens with zero attached hydrogens (tertiary/aromatic N) is 1. The Labute approximate surface area is 153 Å². The second kappa shape index (κ2) is 8.84. The zero-order valence-corrected chi connectivity index (χ0v) is 15.9. The van der Waals surface area contributed by atoms with E-state index in [1.807, 2.05) is 30.3 Å². The summed E-state index contributed by atoms with van der Waals surface area (Å²) in [5.74, 6) is 0.360. The van der Waals surface area contributed by atoms with E-state index in [0.717, 1.165) is 9.54 Å². The molecule has 1 aromatic heterocycles. The molecule has 0 aliphatic rings. The van der Waals surface area contributed by atoms with E-state index >= 15 is 0 Å². The molecule has 0 radical (unpaired) electrons. The molecule has 7 heteroatoms. The second-order valence-electron chi connectivity index (χ2n) is 5.22. The summed E-state index contributed by atoms with van der Waals surface area (Å²) >= 11 is 4.65. The van der Waals surface area contributed by atoms with Gasteiger partial charge in [0.25, 0.3) is 5.91 Å². The molecule has 2 amide bonds. The molecule has 1 unspecified atom stereocenters. The molecule has 0 fully saturated rings. The van der Waals surface area contributed by atoms with Gasteiger partial charge in [0.1, 0.15) is 18.4 Å². The molecule has 0 spiro atoms. The van der Waals surface area contributed by atoms with Crippen LogP contribution < -0.4 is 10.1 Å². The number of likely N-dealkylation sites (N-methyl/N-ethyl adjacent to an activating group) is 1. The van der Waals surface area contributed by atoms with Gasteiger partial charge in [0.15, 0.2) is 0 Å². The van der Waals surface area contributed by atoms with Crippen LogP contribution in [0.25, 0.3) is 0 Å². The van der Waals surface area contributed by atoms with Crippen molar-refractivity contribution in [1.29, 1.82) is 0 Å². The highest BCUT2D eigenvalue weighted by Gasteiger charge is 2.20. The molecule has 0 bridgehead atoms. The maximum Gasteiger partial charge on any atom is 0.262 e. The van der Waals surface area contributed by atoms with Crippen molar-refractivity contribution in [2.45, 2.75) is 13.0 Å². The van der Waals surface area contributed by atoms with E-state index in [1.54, 1.807) is 31.0 Å². The molecule has 1 atom stereocenters. The molecular weight excluding hydrogens is 392 g/mol. The first-order chi connectivity index (χ1) is 11.5. The number of hydrogen-bond donors (Lipinski definition) is 1. The highest BCUT2D eigenvalue weighted by atomic mass is 79.9. The Morgan fingerprint density at radius 1 is 1.25 bits per heavy atom. The summed E-state index contributed by atoms with van der Waals surface area (Å²) in [6, 6.07) is 12.4. The van der Waals surface area contributed by atoms with Crippen LogP contribution in [-0.2, 0) is 4.79 Å². The van der Waals surface area contributed by atoms with Crippen molar-refractivity contribution in [2.24, 2.45) is 0 Å². The Balaban J connectivity index is 1.78. The van der Waals surface area contributed by atoms with Gasteiger partial charge in [0.2, 0.25) is 5.91 Å². The van der Waals surface area contributed by atoms with Gasteiger partial charge in [0.05, 0.1) is 15.2 Å². The number of rotatable bonds is 7. The number of nitrogens with one attached hydrogen (secondary N) is 1. The van der Waals surface area contributed by atoms with Crippen molar-refractivity contribution in [1.82, 2.24) is 10.2 Å². The van der Waals surface area contributed by atoms with Gasteiger partial charge in [-0.15, -0.1) is 11.3 Å². The zero-order chi connectivity index (χ0) is 17.5. The topological polar surface area (TPSA) is 58.6 Å². The molecule has 1 N–H and O–H groups in total. The lowest BCUT2D eigenvalue weighted by Crippen LogP contribution is -2.46. The molecule has 0 aliphatic carbocycles. The number of ether oxygens (including phenoxy) is 1. The summed E-state index contributed by atoms with van der Waals surface area (Å²) < 4.78 is 6.45. The fourth-order valence-corrected chi connectivity index (χ4v) is 3.31. The van der Waals surface area contributed by atoms with Crippen molar-refractivity contribution in [3.8, 4) is 5.75 Å². The normalized spacial score (nSPS) is 11.6. The maximum absolute atomic E-state index is 12.3. The van der Waals surface area contributed by atoms with Crippen molar-refractivity contribution in [2.75, 3.05) is 20.2 Å². The number of benzene rings is 1. The fourth-order valence-electron chi connectivity index (χ4n) is 2.02. The molecule has 2 rings (SSSR count). The Kier molecular flexibility index (Phi) is 6.81. The van der Waals surface area contributed by atoms with Crippen LogP contribution in [0.3, 0.4) is 0 Å². The fraction of sp³-hybridized carbons (Fsp3) is 0.294. The number of para-hydroxylation sites is 1. The molecule has 0 saturated heterocycles. The SMILES string of the molecule is CC(NC(=O)c1ccc(Br)s1)C(=O)N(C)CCOc1ccccc1. The van der Waals surface area contributed by atoms with Crippen LogP contribution in [0.5, 0.6) is 5.75 Å².